The summed E-state index contributed by atoms with van der Waals surface area (Å²) in [5.41, 5.74) is 1.85. The summed E-state index contributed by atoms with van der Waals surface area (Å²) in [6.45, 7) is 1.87. The molecule has 106 valence electrons. The fourth-order valence-electron chi connectivity index (χ4n) is 1.96. The van der Waals surface area contributed by atoms with E-state index in [-0.39, 0.29) is 17.5 Å². The zero-order valence-corrected chi connectivity index (χ0v) is 12.6. The average Bonchev–Trinajstić information content (AvgIpc) is 2.87. The summed E-state index contributed by atoms with van der Waals surface area (Å²) >= 11 is 3.22. The van der Waals surface area contributed by atoms with E-state index in [2.05, 4.69) is 26.1 Å². The van der Waals surface area contributed by atoms with Gasteiger partial charge in [0.1, 0.15) is 11.6 Å². The second-order valence-corrected chi connectivity index (χ2v) is 5.52. The molecule has 0 aliphatic heterocycles. The monoisotopic (exact) mass is 348 g/mol. The van der Waals surface area contributed by atoms with E-state index < -0.39 is 5.82 Å². The third kappa shape index (κ3) is 2.80. The highest BCUT2D eigenvalue weighted by atomic mass is 79.9. The third-order valence-electron chi connectivity index (χ3n) is 2.93. The number of aromatic hydroxyl groups is 1. The van der Waals surface area contributed by atoms with Crippen LogP contribution in [0.2, 0.25) is 0 Å². The second-order valence-electron chi connectivity index (χ2n) is 4.60. The van der Waals surface area contributed by atoms with Crippen LogP contribution >= 0.6 is 15.9 Å². The quantitative estimate of drug-likeness (QED) is 0.749. The van der Waals surface area contributed by atoms with E-state index in [4.69, 9.17) is 4.52 Å². The van der Waals surface area contributed by atoms with Gasteiger partial charge in [0.2, 0.25) is 5.82 Å². The van der Waals surface area contributed by atoms with Gasteiger partial charge in [-0.3, -0.25) is 0 Å². The summed E-state index contributed by atoms with van der Waals surface area (Å²) < 4.78 is 19.1. The predicted octanol–water partition coefficient (Wildman–Crippen LogP) is 4.32. The van der Waals surface area contributed by atoms with Crippen molar-refractivity contribution in [2.24, 2.45) is 0 Å². The molecular formula is C15H10BrFN2O2. The number of hydrogen-bond acceptors (Lipinski definition) is 4. The molecule has 0 aliphatic carbocycles. The third-order valence-corrected chi connectivity index (χ3v) is 3.39. The van der Waals surface area contributed by atoms with E-state index in [1.54, 1.807) is 18.2 Å². The molecule has 21 heavy (non-hydrogen) atoms. The minimum atomic E-state index is -0.399. The first kappa shape index (κ1) is 13.8. The molecule has 3 aromatic rings. The molecule has 0 spiro atoms. The summed E-state index contributed by atoms with van der Waals surface area (Å²) in [6, 6.07) is 9.48. The van der Waals surface area contributed by atoms with Crippen LogP contribution in [0.5, 0.6) is 5.75 Å². The molecule has 0 amide bonds. The molecule has 0 unspecified atom stereocenters. The number of benzene rings is 2. The molecule has 0 aliphatic rings. The molecule has 0 fully saturated rings. The van der Waals surface area contributed by atoms with Gasteiger partial charge in [0, 0.05) is 10.0 Å². The maximum Gasteiger partial charge on any atom is 0.261 e. The molecule has 1 N–H and O–H groups in total. The van der Waals surface area contributed by atoms with E-state index in [1.807, 2.05) is 13.0 Å². The zero-order valence-electron chi connectivity index (χ0n) is 11.0. The van der Waals surface area contributed by atoms with Gasteiger partial charge in [0.05, 0.1) is 5.56 Å². The van der Waals surface area contributed by atoms with Crippen molar-refractivity contribution in [1.29, 1.82) is 0 Å². The van der Waals surface area contributed by atoms with Crippen molar-refractivity contribution in [3.8, 4) is 28.6 Å². The molecule has 6 heteroatoms. The maximum atomic E-state index is 13.4. The fraction of sp³-hybridized carbons (Fsp3) is 0.0667. The van der Waals surface area contributed by atoms with Gasteiger partial charge in [-0.05, 0) is 42.8 Å². The van der Waals surface area contributed by atoms with Gasteiger partial charge in [-0.15, -0.1) is 0 Å². The lowest BCUT2D eigenvalue weighted by molar-refractivity contribution is 0.425. The Balaban J connectivity index is 2.03. The first-order valence-corrected chi connectivity index (χ1v) is 6.92. The van der Waals surface area contributed by atoms with Crippen LogP contribution in [0.3, 0.4) is 0 Å². The minimum Gasteiger partial charge on any atom is -0.507 e. The average molecular weight is 349 g/mol. The molecule has 0 saturated carbocycles. The molecule has 2 aromatic carbocycles. The molecule has 0 saturated heterocycles. The highest BCUT2D eigenvalue weighted by Crippen LogP contribution is 2.30. The molecule has 1 aromatic heterocycles. The van der Waals surface area contributed by atoms with Crippen molar-refractivity contribution in [1.82, 2.24) is 10.1 Å². The highest BCUT2D eigenvalue weighted by molar-refractivity contribution is 9.10. The van der Waals surface area contributed by atoms with Gasteiger partial charge in [-0.1, -0.05) is 27.2 Å². The Morgan fingerprint density at radius 1 is 1.19 bits per heavy atom. The van der Waals surface area contributed by atoms with Crippen LogP contribution in [-0.4, -0.2) is 15.2 Å². The van der Waals surface area contributed by atoms with Crippen LogP contribution in [0.4, 0.5) is 4.39 Å². The Hall–Kier alpha value is -2.21. The smallest absolute Gasteiger partial charge is 0.261 e. The fourth-order valence-corrected chi connectivity index (χ4v) is 2.42. The largest absolute Gasteiger partial charge is 0.507 e. The van der Waals surface area contributed by atoms with Crippen molar-refractivity contribution >= 4 is 15.9 Å². The summed E-state index contributed by atoms with van der Waals surface area (Å²) in [5, 5.41) is 13.7. The number of rotatable bonds is 2. The highest BCUT2D eigenvalue weighted by Gasteiger charge is 2.14. The number of phenols is 1. The Labute approximate surface area is 128 Å². The number of hydrogen-bond donors (Lipinski definition) is 1. The summed E-state index contributed by atoms with van der Waals surface area (Å²) in [5.74, 6) is 0.0996. The molecular weight excluding hydrogens is 339 g/mol. The van der Waals surface area contributed by atoms with Crippen LogP contribution < -0.4 is 0 Å². The molecule has 0 radical (unpaired) electrons. The number of phenolic OH excluding ortho intramolecular Hbond substituents is 1. The molecule has 0 atom stereocenters. The standard InChI is InChI=1S/C15H10BrFN2O2/c1-8-2-3-12(13(20)4-8)15-18-14(19-21-15)9-5-10(16)7-11(17)6-9/h2-7,20H,1H3. The van der Waals surface area contributed by atoms with Gasteiger partial charge >= 0.3 is 0 Å². The predicted molar refractivity (Wildman–Crippen MR) is 79.2 cm³/mol. The van der Waals surface area contributed by atoms with Crippen LogP contribution in [0, 0.1) is 12.7 Å². The van der Waals surface area contributed by atoms with Gasteiger partial charge in [-0.25, -0.2) is 4.39 Å². The normalized spacial score (nSPS) is 10.8. The van der Waals surface area contributed by atoms with Crippen molar-refractivity contribution in [2.45, 2.75) is 6.92 Å². The Morgan fingerprint density at radius 3 is 2.71 bits per heavy atom. The van der Waals surface area contributed by atoms with E-state index in [9.17, 15) is 9.50 Å². The Kier molecular flexibility index (Phi) is 3.47. The van der Waals surface area contributed by atoms with Crippen LogP contribution in [-0.2, 0) is 0 Å². The van der Waals surface area contributed by atoms with Crippen LogP contribution in [0.25, 0.3) is 22.8 Å². The summed E-state index contributed by atoms with van der Waals surface area (Å²) in [6.07, 6.45) is 0. The minimum absolute atomic E-state index is 0.0608. The van der Waals surface area contributed by atoms with Crippen molar-refractivity contribution in [3.05, 3.63) is 52.3 Å². The van der Waals surface area contributed by atoms with Gasteiger partial charge in [-0.2, -0.15) is 4.98 Å². The van der Waals surface area contributed by atoms with E-state index in [0.29, 0.717) is 15.6 Å². The lowest BCUT2D eigenvalue weighted by Gasteiger charge is -2.00. The van der Waals surface area contributed by atoms with Crippen molar-refractivity contribution in [2.75, 3.05) is 0 Å². The number of nitrogens with zero attached hydrogens (tertiary/aromatic N) is 2. The number of halogens is 2. The molecule has 1 heterocycles. The zero-order chi connectivity index (χ0) is 15.0. The van der Waals surface area contributed by atoms with Crippen molar-refractivity contribution in [3.63, 3.8) is 0 Å². The Morgan fingerprint density at radius 2 is 2.00 bits per heavy atom. The summed E-state index contributed by atoms with van der Waals surface area (Å²) in [4.78, 5) is 4.20. The van der Waals surface area contributed by atoms with Crippen LogP contribution in [0.15, 0.2) is 45.4 Å². The van der Waals surface area contributed by atoms with Gasteiger partial charge in [0.15, 0.2) is 0 Å². The number of aromatic nitrogens is 2. The second kappa shape index (κ2) is 5.29. The lowest BCUT2D eigenvalue weighted by atomic mass is 10.1. The van der Waals surface area contributed by atoms with E-state index in [0.717, 1.165) is 5.56 Å². The summed E-state index contributed by atoms with van der Waals surface area (Å²) in [7, 11) is 0. The van der Waals surface area contributed by atoms with Crippen molar-refractivity contribution < 1.29 is 14.0 Å². The first-order chi connectivity index (χ1) is 10.0. The topological polar surface area (TPSA) is 59.2 Å². The van der Waals surface area contributed by atoms with Gasteiger partial charge in [0.25, 0.3) is 5.89 Å². The molecule has 4 nitrogen and oxygen atoms in total. The van der Waals surface area contributed by atoms with E-state index >= 15 is 0 Å². The Bertz CT molecular complexity index is 797. The first-order valence-electron chi connectivity index (χ1n) is 6.13. The number of aryl methyl sites for hydroxylation is 1. The molecule has 0 bridgehead atoms. The van der Waals surface area contributed by atoms with Gasteiger partial charge < -0.3 is 9.63 Å². The SMILES string of the molecule is Cc1ccc(-c2nc(-c3cc(F)cc(Br)c3)no2)c(O)c1. The van der Waals surface area contributed by atoms with E-state index in [1.165, 1.54) is 12.1 Å². The maximum absolute atomic E-state index is 13.4. The lowest BCUT2D eigenvalue weighted by Crippen LogP contribution is -1.84. The van der Waals surface area contributed by atoms with Crippen LogP contribution in [0.1, 0.15) is 5.56 Å². The molecule has 3 rings (SSSR count).